The molecule has 0 amide bonds. The van der Waals surface area contributed by atoms with Gasteiger partial charge in [0.2, 0.25) is 10.0 Å². The fraction of sp³-hybridized carbons (Fsp3) is 0.0769. The van der Waals surface area contributed by atoms with Gasteiger partial charge in [0, 0.05) is 4.47 Å². The van der Waals surface area contributed by atoms with Gasteiger partial charge in [-0.05, 0) is 55.0 Å². The molecule has 4 nitrogen and oxygen atoms in total. The fourth-order valence-electron chi connectivity index (χ4n) is 1.64. The van der Waals surface area contributed by atoms with E-state index >= 15 is 0 Å². The number of benzene rings is 2. The molecule has 0 radical (unpaired) electrons. The highest BCUT2D eigenvalue weighted by Gasteiger charge is 2.12. The topological polar surface area (TPSA) is 69.4 Å². The number of hydrogen-bond acceptors (Lipinski definition) is 3. The third kappa shape index (κ3) is 3.56. The smallest absolute Gasteiger partial charge is 0.238 e. The molecule has 2 N–H and O–H groups in total. The maximum atomic E-state index is 11.3. The summed E-state index contributed by atoms with van der Waals surface area (Å²) in [5.74, 6) is 1.23. The Morgan fingerprint density at radius 1 is 1.05 bits per heavy atom. The minimum Gasteiger partial charge on any atom is -0.457 e. The zero-order chi connectivity index (χ0) is 14.0. The molecule has 0 atom stereocenters. The molecule has 0 aliphatic rings. The Kier molecular flexibility index (Phi) is 3.93. The number of primary sulfonamides is 1. The molecule has 0 fully saturated rings. The summed E-state index contributed by atoms with van der Waals surface area (Å²) in [4.78, 5) is 0.107. The quantitative estimate of drug-likeness (QED) is 0.931. The predicted molar refractivity (Wildman–Crippen MR) is 76.8 cm³/mol. The molecule has 0 aromatic heterocycles. The molecule has 0 heterocycles. The highest BCUT2D eigenvalue weighted by molar-refractivity contribution is 9.10. The molecule has 6 heteroatoms. The first kappa shape index (κ1) is 14.0. The number of halogens is 1. The van der Waals surface area contributed by atoms with E-state index in [0.29, 0.717) is 17.1 Å². The van der Waals surface area contributed by atoms with E-state index in [0.717, 1.165) is 4.47 Å². The van der Waals surface area contributed by atoms with E-state index in [4.69, 9.17) is 9.88 Å². The molecular formula is C13H12BrNO3S. The van der Waals surface area contributed by atoms with E-state index in [2.05, 4.69) is 15.9 Å². The van der Waals surface area contributed by atoms with Gasteiger partial charge in [0.1, 0.15) is 11.5 Å². The standard InChI is InChI=1S/C13H12BrNO3S/c1-9-8-12(6-7-13(9)19(15,16)17)18-11-4-2-10(14)3-5-11/h2-8H,1H3,(H2,15,16,17). The van der Waals surface area contributed by atoms with Gasteiger partial charge in [0.25, 0.3) is 0 Å². The third-order valence-electron chi connectivity index (χ3n) is 2.50. The number of hydrogen-bond donors (Lipinski definition) is 1. The van der Waals surface area contributed by atoms with Crippen LogP contribution in [0.5, 0.6) is 11.5 Å². The first-order chi connectivity index (χ1) is 8.86. The van der Waals surface area contributed by atoms with Crippen LogP contribution in [0.4, 0.5) is 0 Å². The molecule has 0 spiro atoms. The molecule has 0 bridgehead atoms. The largest absolute Gasteiger partial charge is 0.457 e. The Morgan fingerprint density at radius 3 is 2.16 bits per heavy atom. The molecule has 2 aromatic rings. The summed E-state index contributed by atoms with van der Waals surface area (Å²) in [5.41, 5.74) is 0.553. The van der Waals surface area contributed by atoms with Crippen LogP contribution < -0.4 is 9.88 Å². The zero-order valence-electron chi connectivity index (χ0n) is 10.1. The van der Waals surface area contributed by atoms with E-state index in [9.17, 15) is 8.42 Å². The Labute approximate surface area is 120 Å². The SMILES string of the molecule is Cc1cc(Oc2ccc(Br)cc2)ccc1S(N)(=O)=O. The summed E-state index contributed by atoms with van der Waals surface area (Å²) in [6.45, 7) is 1.67. The Hall–Kier alpha value is -1.37. The number of nitrogens with two attached hydrogens (primary N) is 1. The summed E-state index contributed by atoms with van der Waals surface area (Å²) in [5, 5.41) is 5.10. The lowest BCUT2D eigenvalue weighted by atomic mass is 10.2. The number of ether oxygens (including phenoxy) is 1. The molecule has 100 valence electrons. The van der Waals surface area contributed by atoms with Crippen molar-refractivity contribution in [2.75, 3.05) is 0 Å². The molecule has 0 aliphatic heterocycles. The van der Waals surface area contributed by atoms with Crippen molar-refractivity contribution in [3.8, 4) is 11.5 Å². The normalized spacial score (nSPS) is 11.3. The molecule has 19 heavy (non-hydrogen) atoms. The lowest BCUT2D eigenvalue weighted by molar-refractivity contribution is 0.481. The Bertz CT molecular complexity index is 696. The van der Waals surface area contributed by atoms with Crippen LogP contribution in [0, 0.1) is 6.92 Å². The van der Waals surface area contributed by atoms with Crippen LogP contribution in [0.2, 0.25) is 0 Å². The molecular weight excluding hydrogens is 330 g/mol. The average Bonchev–Trinajstić information content (AvgIpc) is 2.30. The van der Waals surface area contributed by atoms with Crippen LogP contribution in [-0.4, -0.2) is 8.42 Å². The van der Waals surface area contributed by atoms with Crippen LogP contribution in [0.3, 0.4) is 0 Å². The first-order valence-electron chi connectivity index (χ1n) is 5.43. The van der Waals surface area contributed by atoms with Gasteiger partial charge in [0.05, 0.1) is 4.90 Å². The second-order valence-corrected chi connectivity index (χ2v) is 6.47. The van der Waals surface area contributed by atoms with Gasteiger partial charge in [0.15, 0.2) is 0 Å². The number of sulfonamides is 1. The van der Waals surface area contributed by atoms with E-state index in [1.54, 1.807) is 19.1 Å². The van der Waals surface area contributed by atoms with Crippen LogP contribution in [0.25, 0.3) is 0 Å². The first-order valence-corrected chi connectivity index (χ1v) is 7.77. The second kappa shape index (κ2) is 5.32. The second-order valence-electron chi connectivity index (χ2n) is 4.03. The van der Waals surface area contributed by atoms with Crippen LogP contribution in [0.15, 0.2) is 51.8 Å². The van der Waals surface area contributed by atoms with Crippen LogP contribution in [0.1, 0.15) is 5.56 Å². The molecule has 2 rings (SSSR count). The van der Waals surface area contributed by atoms with Gasteiger partial charge >= 0.3 is 0 Å². The number of aryl methyl sites for hydroxylation is 1. The van der Waals surface area contributed by atoms with E-state index in [1.165, 1.54) is 6.07 Å². The van der Waals surface area contributed by atoms with E-state index < -0.39 is 10.0 Å². The monoisotopic (exact) mass is 341 g/mol. The summed E-state index contributed by atoms with van der Waals surface area (Å²) < 4.78 is 29.2. The summed E-state index contributed by atoms with van der Waals surface area (Å²) in [6.07, 6.45) is 0. The average molecular weight is 342 g/mol. The summed E-state index contributed by atoms with van der Waals surface area (Å²) in [7, 11) is -3.69. The van der Waals surface area contributed by atoms with Crippen molar-refractivity contribution in [1.29, 1.82) is 0 Å². The van der Waals surface area contributed by atoms with Crippen molar-refractivity contribution in [3.05, 3.63) is 52.5 Å². The predicted octanol–water partition coefficient (Wildman–Crippen LogP) is 3.20. The van der Waals surface area contributed by atoms with Gasteiger partial charge in [-0.2, -0.15) is 0 Å². The Balaban J connectivity index is 2.28. The van der Waals surface area contributed by atoms with Crippen molar-refractivity contribution in [1.82, 2.24) is 0 Å². The Morgan fingerprint density at radius 2 is 1.63 bits per heavy atom. The van der Waals surface area contributed by atoms with E-state index in [-0.39, 0.29) is 4.90 Å². The maximum Gasteiger partial charge on any atom is 0.238 e. The lowest BCUT2D eigenvalue weighted by Gasteiger charge is -2.08. The minimum atomic E-state index is -3.69. The zero-order valence-corrected chi connectivity index (χ0v) is 12.5. The summed E-state index contributed by atoms with van der Waals surface area (Å²) in [6, 6.07) is 12.0. The molecule has 0 saturated carbocycles. The summed E-state index contributed by atoms with van der Waals surface area (Å²) >= 11 is 3.34. The van der Waals surface area contributed by atoms with Crippen molar-refractivity contribution in [2.45, 2.75) is 11.8 Å². The van der Waals surface area contributed by atoms with Crippen molar-refractivity contribution < 1.29 is 13.2 Å². The highest BCUT2D eigenvalue weighted by Crippen LogP contribution is 2.26. The molecule has 0 saturated heterocycles. The minimum absolute atomic E-state index is 0.107. The van der Waals surface area contributed by atoms with Gasteiger partial charge in [-0.3, -0.25) is 0 Å². The van der Waals surface area contributed by atoms with Gasteiger partial charge in [-0.1, -0.05) is 15.9 Å². The molecule has 0 aliphatic carbocycles. The van der Waals surface area contributed by atoms with Crippen molar-refractivity contribution in [2.24, 2.45) is 5.14 Å². The van der Waals surface area contributed by atoms with Crippen molar-refractivity contribution >= 4 is 26.0 Å². The van der Waals surface area contributed by atoms with Gasteiger partial charge in [-0.15, -0.1) is 0 Å². The van der Waals surface area contributed by atoms with Crippen molar-refractivity contribution in [3.63, 3.8) is 0 Å². The highest BCUT2D eigenvalue weighted by atomic mass is 79.9. The van der Waals surface area contributed by atoms with Gasteiger partial charge in [-0.25, -0.2) is 13.6 Å². The lowest BCUT2D eigenvalue weighted by Crippen LogP contribution is -2.13. The van der Waals surface area contributed by atoms with Crippen LogP contribution in [-0.2, 0) is 10.0 Å². The molecule has 2 aromatic carbocycles. The third-order valence-corrected chi connectivity index (χ3v) is 4.10. The van der Waals surface area contributed by atoms with E-state index in [1.807, 2.05) is 24.3 Å². The maximum absolute atomic E-state index is 11.3. The van der Waals surface area contributed by atoms with Gasteiger partial charge < -0.3 is 4.74 Å². The molecule has 0 unspecified atom stereocenters. The van der Waals surface area contributed by atoms with Crippen LogP contribution >= 0.6 is 15.9 Å². The number of rotatable bonds is 3. The fourth-order valence-corrected chi connectivity index (χ4v) is 2.67.